The van der Waals surface area contributed by atoms with Crippen molar-refractivity contribution >= 4 is 22.1 Å². The molecular weight excluding hydrogens is 234 g/mol. The van der Waals surface area contributed by atoms with Gasteiger partial charge in [-0.3, -0.25) is 0 Å². The van der Waals surface area contributed by atoms with E-state index < -0.39 is 16.0 Å². The minimum Gasteiger partial charge on any atom is -0.478 e. The molecule has 0 saturated carbocycles. The van der Waals surface area contributed by atoms with Crippen LogP contribution in [0.5, 0.6) is 0 Å². The number of hydrogen-bond acceptors (Lipinski definition) is 4. The van der Waals surface area contributed by atoms with Crippen LogP contribution in [-0.4, -0.2) is 25.7 Å². The van der Waals surface area contributed by atoms with E-state index in [0.29, 0.717) is 11.5 Å². The summed E-state index contributed by atoms with van der Waals surface area (Å²) in [6.45, 7) is 0.0414. The Morgan fingerprint density at radius 1 is 1.56 bits per heavy atom. The summed E-state index contributed by atoms with van der Waals surface area (Å²) in [7, 11) is -3.26. The lowest BCUT2D eigenvalue weighted by molar-refractivity contribution is -0.131. The summed E-state index contributed by atoms with van der Waals surface area (Å²) in [4.78, 5) is 10.2. The van der Waals surface area contributed by atoms with Crippen molar-refractivity contribution in [2.24, 2.45) is 0 Å². The summed E-state index contributed by atoms with van der Waals surface area (Å²) in [5.74, 6) is -0.310. The maximum absolute atomic E-state index is 10.8. The standard InChI is InChI=1S/C9H11NO5S/c1-16(13,14)10-6-8-3-2-7(15-8)4-5-9(11)12/h2-5,10H,6H2,1H3,(H,11,12)/b5-4+. The van der Waals surface area contributed by atoms with Crippen LogP contribution in [0, 0.1) is 0 Å². The normalized spacial score (nSPS) is 12.1. The second kappa shape index (κ2) is 4.95. The molecule has 0 spiro atoms. The van der Waals surface area contributed by atoms with Crippen molar-refractivity contribution in [2.45, 2.75) is 6.54 Å². The number of nitrogens with one attached hydrogen (secondary N) is 1. The third-order valence-electron chi connectivity index (χ3n) is 1.58. The van der Waals surface area contributed by atoms with Crippen LogP contribution in [0.1, 0.15) is 11.5 Å². The molecule has 0 radical (unpaired) electrons. The highest BCUT2D eigenvalue weighted by atomic mass is 32.2. The predicted molar refractivity (Wildman–Crippen MR) is 57.1 cm³/mol. The zero-order valence-corrected chi connectivity index (χ0v) is 9.32. The zero-order chi connectivity index (χ0) is 12.2. The smallest absolute Gasteiger partial charge is 0.328 e. The van der Waals surface area contributed by atoms with Gasteiger partial charge in [-0.2, -0.15) is 0 Å². The maximum atomic E-state index is 10.8. The molecule has 0 aliphatic rings. The summed E-state index contributed by atoms with van der Waals surface area (Å²) in [5, 5.41) is 8.37. The molecule has 0 fully saturated rings. The predicted octanol–water partition coefficient (Wildman–Crippen LogP) is 0.427. The molecule has 0 atom stereocenters. The average Bonchev–Trinajstić information content (AvgIpc) is 2.58. The van der Waals surface area contributed by atoms with Gasteiger partial charge in [-0.15, -0.1) is 0 Å². The van der Waals surface area contributed by atoms with Crippen molar-refractivity contribution in [3.63, 3.8) is 0 Å². The van der Waals surface area contributed by atoms with Crippen molar-refractivity contribution in [1.82, 2.24) is 4.72 Å². The van der Waals surface area contributed by atoms with Crippen LogP contribution >= 0.6 is 0 Å². The minimum atomic E-state index is -3.26. The number of carboxylic acids is 1. The first-order valence-corrected chi connectivity index (χ1v) is 6.20. The molecule has 0 amide bonds. The van der Waals surface area contributed by atoms with Crippen molar-refractivity contribution in [3.05, 3.63) is 29.7 Å². The monoisotopic (exact) mass is 245 g/mol. The Hall–Kier alpha value is -1.60. The van der Waals surface area contributed by atoms with E-state index in [9.17, 15) is 13.2 Å². The van der Waals surface area contributed by atoms with Gasteiger partial charge in [0.25, 0.3) is 0 Å². The van der Waals surface area contributed by atoms with Crippen LogP contribution in [0.3, 0.4) is 0 Å². The van der Waals surface area contributed by atoms with E-state index in [1.165, 1.54) is 6.08 Å². The number of carboxylic acid groups (broad SMARTS) is 1. The molecule has 88 valence electrons. The second-order valence-electron chi connectivity index (χ2n) is 3.07. The largest absolute Gasteiger partial charge is 0.478 e. The molecule has 7 heteroatoms. The molecule has 2 N–H and O–H groups in total. The first-order chi connectivity index (χ1) is 7.37. The molecule has 0 bridgehead atoms. The van der Waals surface area contributed by atoms with Crippen molar-refractivity contribution < 1.29 is 22.7 Å². The Labute approximate surface area is 92.6 Å². The molecule has 1 aromatic rings. The van der Waals surface area contributed by atoms with E-state index in [1.54, 1.807) is 12.1 Å². The lowest BCUT2D eigenvalue weighted by Crippen LogP contribution is -2.20. The molecule has 1 heterocycles. The highest BCUT2D eigenvalue weighted by Gasteiger charge is 2.04. The van der Waals surface area contributed by atoms with Gasteiger partial charge in [0, 0.05) is 6.08 Å². The fourth-order valence-electron chi connectivity index (χ4n) is 0.935. The molecule has 1 rings (SSSR count). The molecule has 0 aliphatic carbocycles. The number of furan rings is 1. The number of hydrogen-bond donors (Lipinski definition) is 2. The third-order valence-corrected chi connectivity index (χ3v) is 2.25. The fraction of sp³-hybridized carbons (Fsp3) is 0.222. The molecule has 1 aromatic heterocycles. The third kappa shape index (κ3) is 4.76. The van der Waals surface area contributed by atoms with E-state index in [4.69, 9.17) is 9.52 Å². The van der Waals surface area contributed by atoms with E-state index in [0.717, 1.165) is 12.3 Å². The average molecular weight is 245 g/mol. The van der Waals surface area contributed by atoms with E-state index in [1.807, 2.05) is 0 Å². The highest BCUT2D eigenvalue weighted by molar-refractivity contribution is 7.88. The molecule has 6 nitrogen and oxygen atoms in total. The van der Waals surface area contributed by atoms with Gasteiger partial charge in [0.1, 0.15) is 11.5 Å². The van der Waals surface area contributed by atoms with Crippen LogP contribution in [0.15, 0.2) is 22.6 Å². The molecular formula is C9H11NO5S. The Morgan fingerprint density at radius 3 is 2.81 bits per heavy atom. The second-order valence-corrected chi connectivity index (χ2v) is 4.90. The van der Waals surface area contributed by atoms with Crippen LogP contribution in [-0.2, 0) is 21.4 Å². The Balaban J connectivity index is 2.62. The van der Waals surface area contributed by atoms with Crippen molar-refractivity contribution in [3.8, 4) is 0 Å². The summed E-state index contributed by atoms with van der Waals surface area (Å²) < 4.78 is 29.0. The number of sulfonamides is 1. The number of carbonyl (C=O) groups is 1. The highest BCUT2D eigenvalue weighted by Crippen LogP contribution is 2.09. The van der Waals surface area contributed by atoms with E-state index in [2.05, 4.69) is 4.72 Å². The van der Waals surface area contributed by atoms with Gasteiger partial charge in [0.2, 0.25) is 10.0 Å². The van der Waals surface area contributed by atoms with Crippen LogP contribution in [0.25, 0.3) is 6.08 Å². The number of rotatable bonds is 5. The van der Waals surface area contributed by atoms with Crippen molar-refractivity contribution in [1.29, 1.82) is 0 Å². The Bertz CT molecular complexity index is 500. The lowest BCUT2D eigenvalue weighted by Gasteiger charge is -1.97. The maximum Gasteiger partial charge on any atom is 0.328 e. The van der Waals surface area contributed by atoms with Crippen LogP contribution in [0.2, 0.25) is 0 Å². The van der Waals surface area contributed by atoms with Gasteiger partial charge in [-0.25, -0.2) is 17.9 Å². The minimum absolute atomic E-state index is 0.0414. The molecule has 0 unspecified atom stereocenters. The Morgan fingerprint density at radius 2 is 2.25 bits per heavy atom. The first-order valence-electron chi connectivity index (χ1n) is 4.31. The Kier molecular flexibility index (Phi) is 3.86. The summed E-state index contributed by atoms with van der Waals surface area (Å²) >= 11 is 0. The number of aliphatic carboxylic acids is 1. The van der Waals surface area contributed by atoms with E-state index >= 15 is 0 Å². The quantitative estimate of drug-likeness (QED) is 0.733. The van der Waals surface area contributed by atoms with Gasteiger partial charge >= 0.3 is 5.97 Å². The summed E-state index contributed by atoms with van der Waals surface area (Å²) in [6.07, 6.45) is 3.26. The molecule has 0 aliphatic heterocycles. The zero-order valence-electron chi connectivity index (χ0n) is 8.50. The van der Waals surface area contributed by atoms with Crippen molar-refractivity contribution in [2.75, 3.05) is 6.26 Å². The SMILES string of the molecule is CS(=O)(=O)NCc1ccc(/C=C/C(=O)O)o1. The summed E-state index contributed by atoms with van der Waals surface area (Å²) in [6, 6.07) is 3.12. The topological polar surface area (TPSA) is 96.6 Å². The summed E-state index contributed by atoms with van der Waals surface area (Å²) in [5.41, 5.74) is 0. The van der Waals surface area contributed by atoms with Gasteiger partial charge in [-0.05, 0) is 18.2 Å². The first kappa shape index (κ1) is 12.5. The van der Waals surface area contributed by atoms with Gasteiger partial charge < -0.3 is 9.52 Å². The van der Waals surface area contributed by atoms with Crippen LogP contribution in [0.4, 0.5) is 0 Å². The fourth-order valence-corrected chi connectivity index (χ4v) is 1.34. The van der Waals surface area contributed by atoms with Gasteiger partial charge in [0.15, 0.2) is 0 Å². The lowest BCUT2D eigenvalue weighted by atomic mass is 10.4. The van der Waals surface area contributed by atoms with E-state index in [-0.39, 0.29) is 6.54 Å². The van der Waals surface area contributed by atoms with Gasteiger partial charge in [-0.1, -0.05) is 0 Å². The molecule has 0 aromatic carbocycles. The van der Waals surface area contributed by atoms with Gasteiger partial charge in [0.05, 0.1) is 12.8 Å². The molecule has 0 saturated heterocycles. The molecule has 16 heavy (non-hydrogen) atoms. The van der Waals surface area contributed by atoms with Crippen LogP contribution < -0.4 is 4.72 Å².